The van der Waals surface area contributed by atoms with Crippen LogP contribution in [0.5, 0.6) is 0 Å². The molecule has 2 nitrogen and oxygen atoms in total. The van der Waals surface area contributed by atoms with E-state index in [0.717, 1.165) is 12.8 Å². The fraction of sp³-hybridized carbons (Fsp3) is 0.727. The summed E-state index contributed by atoms with van der Waals surface area (Å²) >= 11 is 0. The lowest BCUT2D eigenvalue weighted by Gasteiger charge is -2.03. The first-order valence-corrected chi connectivity index (χ1v) is 5.21. The van der Waals surface area contributed by atoms with Crippen molar-refractivity contribution < 1.29 is 9.53 Å². The fourth-order valence-electron chi connectivity index (χ4n) is 1.55. The second-order valence-corrected chi connectivity index (χ2v) is 3.57. The lowest BCUT2D eigenvalue weighted by Crippen LogP contribution is -2.07. The van der Waals surface area contributed by atoms with Crippen molar-refractivity contribution >= 4 is 5.97 Å². The Labute approximate surface area is 80.0 Å². The van der Waals surface area contributed by atoms with Gasteiger partial charge in [0, 0.05) is 0 Å². The molecule has 0 aromatic rings. The van der Waals surface area contributed by atoms with E-state index in [-0.39, 0.29) is 11.9 Å². The van der Waals surface area contributed by atoms with Crippen LogP contribution in [0.3, 0.4) is 0 Å². The molecule has 0 fully saturated rings. The summed E-state index contributed by atoms with van der Waals surface area (Å²) in [6.07, 6.45) is 10.6. The molecule has 0 spiro atoms. The van der Waals surface area contributed by atoms with Crippen molar-refractivity contribution in [2.75, 3.05) is 0 Å². The molecule has 13 heavy (non-hydrogen) atoms. The van der Waals surface area contributed by atoms with Crippen molar-refractivity contribution in [3.8, 4) is 0 Å². The molecule has 0 saturated carbocycles. The zero-order valence-electron chi connectivity index (χ0n) is 8.29. The number of hydrogen-bond donors (Lipinski definition) is 0. The van der Waals surface area contributed by atoms with Gasteiger partial charge in [-0.3, -0.25) is 4.79 Å². The predicted molar refractivity (Wildman–Crippen MR) is 52.1 cm³/mol. The Morgan fingerprint density at radius 2 is 2.08 bits per heavy atom. The highest BCUT2D eigenvalue weighted by Gasteiger charge is 2.20. The summed E-state index contributed by atoms with van der Waals surface area (Å²) in [7, 11) is 0. The number of ether oxygens (including phenoxy) is 1. The first-order chi connectivity index (χ1) is 6.34. The van der Waals surface area contributed by atoms with Crippen LogP contribution in [0.1, 0.15) is 45.4 Å². The van der Waals surface area contributed by atoms with Crippen LogP contribution in [0.2, 0.25) is 0 Å². The van der Waals surface area contributed by atoms with Crippen LogP contribution in [0.25, 0.3) is 0 Å². The highest BCUT2D eigenvalue weighted by Crippen LogP contribution is 2.18. The van der Waals surface area contributed by atoms with E-state index in [4.69, 9.17) is 4.74 Å². The molecule has 74 valence electrons. The van der Waals surface area contributed by atoms with Crippen molar-refractivity contribution in [2.24, 2.45) is 5.92 Å². The molecular weight excluding hydrogens is 164 g/mol. The lowest BCUT2D eigenvalue weighted by atomic mass is 10.0. The maximum atomic E-state index is 11.0. The molecule has 1 rings (SSSR count). The third kappa shape index (κ3) is 3.62. The minimum atomic E-state index is -0.0736. The Bertz CT molecular complexity index is 185. The largest absolute Gasteiger partial charge is 0.434 e. The summed E-state index contributed by atoms with van der Waals surface area (Å²) in [6.45, 7) is 2.21. The molecule has 0 radical (unpaired) electrons. The molecule has 0 aromatic carbocycles. The van der Waals surface area contributed by atoms with Crippen molar-refractivity contribution in [3.63, 3.8) is 0 Å². The number of cyclic esters (lactones) is 1. The third-order valence-electron chi connectivity index (χ3n) is 2.42. The zero-order chi connectivity index (χ0) is 9.52. The van der Waals surface area contributed by atoms with Crippen LogP contribution in [0.4, 0.5) is 0 Å². The van der Waals surface area contributed by atoms with Crippen LogP contribution in [0.15, 0.2) is 12.3 Å². The van der Waals surface area contributed by atoms with Crippen LogP contribution in [-0.2, 0) is 9.53 Å². The number of hydrogen-bond acceptors (Lipinski definition) is 2. The van der Waals surface area contributed by atoms with Crippen LogP contribution in [-0.4, -0.2) is 5.97 Å². The molecular formula is C11H18O2. The maximum Gasteiger partial charge on any atom is 0.317 e. The van der Waals surface area contributed by atoms with E-state index in [1.807, 2.05) is 6.08 Å². The van der Waals surface area contributed by atoms with Gasteiger partial charge in [-0.1, -0.05) is 39.0 Å². The second-order valence-electron chi connectivity index (χ2n) is 3.57. The van der Waals surface area contributed by atoms with E-state index in [2.05, 4.69) is 6.92 Å². The molecule has 1 aliphatic rings. The Morgan fingerprint density at radius 1 is 1.31 bits per heavy atom. The first-order valence-electron chi connectivity index (χ1n) is 5.21. The van der Waals surface area contributed by atoms with Crippen molar-refractivity contribution in [2.45, 2.75) is 45.4 Å². The van der Waals surface area contributed by atoms with Gasteiger partial charge in [-0.2, -0.15) is 0 Å². The smallest absolute Gasteiger partial charge is 0.317 e. The third-order valence-corrected chi connectivity index (χ3v) is 2.42. The van der Waals surface area contributed by atoms with Crippen LogP contribution >= 0.6 is 0 Å². The summed E-state index contributed by atoms with van der Waals surface area (Å²) in [6, 6.07) is 0. The molecule has 0 saturated heterocycles. The van der Waals surface area contributed by atoms with Gasteiger partial charge in [0.25, 0.3) is 0 Å². The lowest BCUT2D eigenvalue weighted by molar-refractivity contribution is -0.139. The standard InChI is InChI=1S/C11H18O2/c1-2-3-4-5-6-7-10-8-9-13-11(10)12/h8-10H,2-7H2,1H3. The monoisotopic (exact) mass is 182 g/mol. The molecule has 2 heteroatoms. The van der Waals surface area contributed by atoms with Gasteiger partial charge < -0.3 is 4.74 Å². The number of esters is 1. The minimum absolute atomic E-state index is 0.0432. The second kappa shape index (κ2) is 5.79. The average Bonchev–Trinajstić information content (AvgIpc) is 2.52. The molecule has 1 heterocycles. The van der Waals surface area contributed by atoms with Crippen LogP contribution in [0, 0.1) is 5.92 Å². The molecule has 0 amide bonds. The highest BCUT2D eigenvalue weighted by atomic mass is 16.5. The van der Waals surface area contributed by atoms with Gasteiger partial charge in [-0.15, -0.1) is 0 Å². The van der Waals surface area contributed by atoms with E-state index in [1.165, 1.54) is 31.9 Å². The average molecular weight is 182 g/mol. The Morgan fingerprint density at radius 3 is 2.69 bits per heavy atom. The Hall–Kier alpha value is -0.790. The SMILES string of the molecule is CCCCCCCC1C=COC1=O. The number of carbonyl (C=O) groups excluding carboxylic acids is 1. The zero-order valence-corrected chi connectivity index (χ0v) is 8.29. The predicted octanol–water partition coefficient (Wildman–Crippen LogP) is 3.03. The number of rotatable bonds is 6. The van der Waals surface area contributed by atoms with Gasteiger partial charge in [-0.25, -0.2) is 0 Å². The summed E-state index contributed by atoms with van der Waals surface area (Å²) in [5.74, 6) is -0.0304. The summed E-state index contributed by atoms with van der Waals surface area (Å²) in [4.78, 5) is 11.0. The maximum absolute atomic E-state index is 11.0. The van der Waals surface area contributed by atoms with E-state index < -0.39 is 0 Å². The first kappa shape index (κ1) is 10.3. The number of unbranched alkanes of at least 4 members (excludes halogenated alkanes) is 4. The minimum Gasteiger partial charge on any atom is -0.434 e. The molecule has 0 aromatic heterocycles. The van der Waals surface area contributed by atoms with Gasteiger partial charge in [0.2, 0.25) is 0 Å². The molecule has 1 unspecified atom stereocenters. The Kier molecular flexibility index (Phi) is 4.58. The number of carbonyl (C=O) groups is 1. The molecule has 1 atom stereocenters. The summed E-state index contributed by atoms with van der Waals surface area (Å²) in [5, 5.41) is 0. The van der Waals surface area contributed by atoms with E-state index >= 15 is 0 Å². The quantitative estimate of drug-likeness (QED) is 0.466. The van der Waals surface area contributed by atoms with Crippen LogP contribution < -0.4 is 0 Å². The van der Waals surface area contributed by atoms with Crippen molar-refractivity contribution in [1.29, 1.82) is 0 Å². The molecule has 1 aliphatic heterocycles. The summed E-state index contributed by atoms with van der Waals surface area (Å²) < 4.78 is 4.72. The Balaban J connectivity index is 1.99. The van der Waals surface area contributed by atoms with Gasteiger partial charge in [0.05, 0.1) is 12.2 Å². The molecule has 0 bridgehead atoms. The van der Waals surface area contributed by atoms with E-state index in [9.17, 15) is 4.79 Å². The normalized spacial score (nSPS) is 20.7. The molecule has 0 aliphatic carbocycles. The molecule has 0 N–H and O–H groups in total. The van der Waals surface area contributed by atoms with Crippen molar-refractivity contribution in [3.05, 3.63) is 12.3 Å². The van der Waals surface area contributed by atoms with Gasteiger partial charge in [0.15, 0.2) is 0 Å². The topological polar surface area (TPSA) is 26.3 Å². The summed E-state index contributed by atoms with van der Waals surface area (Å²) in [5.41, 5.74) is 0. The fourth-order valence-corrected chi connectivity index (χ4v) is 1.55. The van der Waals surface area contributed by atoms with E-state index in [0.29, 0.717) is 0 Å². The van der Waals surface area contributed by atoms with Gasteiger partial charge in [0.1, 0.15) is 0 Å². The van der Waals surface area contributed by atoms with E-state index in [1.54, 1.807) is 0 Å². The van der Waals surface area contributed by atoms with Crippen molar-refractivity contribution in [1.82, 2.24) is 0 Å². The highest BCUT2D eigenvalue weighted by molar-refractivity contribution is 5.77. The van der Waals surface area contributed by atoms with Gasteiger partial charge in [-0.05, 0) is 12.5 Å². The van der Waals surface area contributed by atoms with Gasteiger partial charge >= 0.3 is 5.97 Å².